The number of piperidine rings is 1. The number of H-pyrrole nitrogens is 1. The third kappa shape index (κ3) is 3.68. The average molecular weight is 380 g/mol. The first-order chi connectivity index (χ1) is 13.7. The van der Waals surface area contributed by atoms with E-state index in [-0.39, 0.29) is 12.5 Å². The molecule has 0 bridgehead atoms. The van der Waals surface area contributed by atoms with Crippen molar-refractivity contribution in [2.75, 3.05) is 13.1 Å². The van der Waals surface area contributed by atoms with Gasteiger partial charge in [-0.1, -0.05) is 30.3 Å². The third-order valence-corrected chi connectivity index (χ3v) is 5.45. The maximum Gasteiger partial charge on any atom is 0.271 e. The Morgan fingerprint density at radius 2 is 1.89 bits per heavy atom. The molecular formula is C20H24N6O2. The Hall–Kier alpha value is -3.00. The molecule has 0 aliphatic carbocycles. The van der Waals surface area contributed by atoms with Gasteiger partial charge >= 0.3 is 0 Å². The summed E-state index contributed by atoms with van der Waals surface area (Å²) in [4.78, 5) is 14.7. The van der Waals surface area contributed by atoms with Crippen LogP contribution in [0.25, 0.3) is 11.3 Å². The fourth-order valence-electron chi connectivity index (χ4n) is 3.67. The number of aliphatic hydroxyl groups excluding tert-OH is 1. The van der Waals surface area contributed by atoms with Crippen LogP contribution in [0.15, 0.2) is 36.4 Å². The minimum Gasteiger partial charge on any atom is -0.388 e. The van der Waals surface area contributed by atoms with E-state index in [2.05, 4.69) is 20.4 Å². The molecular weight excluding hydrogens is 356 g/mol. The SMILES string of the molecule is Cn1c(CO)nnc1CC1CCN(C(=O)c2cc(-c3ccccc3)n[nH]2)CC1. The molecule has 8 nitrogen and oxygen atoms in total. The molecule has 0 unspecified atom stereocenters. The topological polar surface area (TPSA) is 99.9 Å². The summed E-state index contributed by atoms with van der Waals surface area (Å²) in [5, 5.41) is 24.6. The quantitative estimate of drug-likeness (QED) is 0.703. The number of carbonyl (C=O) groups excluding carboxylic acids is 1. The van der Waals surface area contributed by atoms with Crippen LogP contribution in [0.2, 0.25) is 0 Å². The minimum absolute atomic E-state index is 0.00523. The number of benzene rings is 1. The van der Waals surface area contributed by atoms with Gasteiger partial charge in [0, 0.05) is 32.1 Å². The molecule has 8 heteroatoms. The van der Waals surface area contributed by atoms with Gasteiger partial charge in [0.25, 0.3) is 5.91 Å². The number of aliphatic hydroxyl groups is 1. The zero-order valence-corrected chi connectivity index (χ0v) is 15.9. The maximum atomic E-state index is 12.8. The second-order valence-corrected chi connectivity index (χ2v) is 7.22. The standard InChI is InChI=1S/C20H24N6O2/c1-25-18(23-24-19(25)13-27)11-14-7-9-26(10-8-14)20(28)17-12-16(21-22-17)15-5-3-2-4-6-15/h2-6,12,14,27H,7-11,13H2,1H3,(H,21,22). The highest BCUT2D eigenvalue weighted by Crippen LogP contribution is 2.23. The van der Waals surface area contributed by atoms with Gasteiger partial charge in [0.05, 0.1) is 5.69 Å². The summed E-state index contributed by atoms with van der Waals surface area (Å²) in [7, 11) is 1.88. The molecule has 3 heterocycles. The van der Waals surface area contributed by atoms with Crippen molar-refractivity contribution in [1.82, 2.24) is 29.9 Å². The number of rotatable bonds is 5. The number of aromatic amines is 1. The molecule has 1 aliphatic rings. The number of hydrogen-bond acceptors (Lipinski definition) is 5. The minimum atomic E-state index is -0.106. The zero-order valence-electron chi connectivity index (χ0n) is 15.9. The molecule has 1 aromatic carbocycles. The van der Waals surface area contributed by atoms with Crippen molar-refractivity contribution in [3.05, 3.63) is 53.7 Å². The predicted molar refractivity (Wildman–Crippen MR) is 103 cm³/mol. The molecule has 146 valence electrons. The predicted octanol–water partition coefficient (Wildman–Crippen LogP) is 1.79. The molecule has 2 aromatic heterocycles. The Morgan fingerprint density at radius 3 is 2.57 bits per heavy atom. The fraction of sp³-hybridized carbons (Fsp3) is 0.400. The van der Waals surface area contributed by atoms with Crippen molar-refractivity contribution in [1.29, 1.82) is 0 Å². The molecule has 1 amide bonds. The van der Waals surface area contributed by atoms with Crippen LogP contribution in [-0.2, 0) is 20.1 Å². The normalized spacial score (nSPS) is 15.1. The molecule has 2 N–H and O–H groups in total. The Balaban J connectivity index is 1.35. The lowest BCUT2D eigenvalue weighted by atomic mass is 9.93. The van der Waals surface area contributed by atoms with E-state index in [0.717, 1.165) is 36.3 Å². The Kier molecular flexibility index (Phi) is 5.21. The van der Waals surface area contributed by atoms with Crippen LogP contribution in [0.3, 0.4) is 0 Å². The summed E-state index contributed by atoms with van der Waals surface area (Å²) in [5.41, 5.74) is 2.29. The summed E-state index contributed by atoms with van der Waals surface area (Å²) >= 11 is 0. The molecule has 4 rings (SSSR count). The number of carbonyl (C=O) groups is 1. The van der Waals surface area contributed by atoms with Crippen LogP contribution in [0.5, 0.6) is 0 Å². The molecule has 0 spiro atoms. The van der Waals surface area contributed by atoms with Crippen LogP contribution in [0.1, 0.15) is 35.0 Å². The summed E-state index contributed by atoms with van der Waals surface area (Å²) in [5.74, 6) is 1.92. The smallest absolute Gasteiger partial charge is 0.271 e. The molecule has 1 saturated heterocycles. The van der Waals surface area contributed by atoms with E-state index in [0.29, 0.717) is 30.5 Å². The number of nitrogens with one attached hydrogen (secondary N) is 1. The van der Waals surface area contributed by atoms with Gasteiger partial charge in [0.15, 0.2) is 5.82 Å². The molecule has 3 aromatic rings. The third-order valence-electron chi connectivity index (χ3n) is 5.45. The maximum absolute atomic E-state index is 12.8. The van der Waals surface area contributed by atoms with Crippen molar-refractivity contribution in [2.45, 2.75) is 25.9 Å². The number of nitrogens with zero attached hydrogens (tertiary/aromatic N) is 5. The average Bonchev–Trinajstić information content (AvgIpc) is 3.36. The van der Waals surface area contributed by atoms with Crippen LogP contribution >= 0.6 is 0 Å². The van der Waals surface area contributed by atoms with E-state index >= 15 is 0 Å². The number of likely N-dealkylation sites (tertiary alicyclic amines) is 1. The Morgan fingerprint density at radius 1 is 1.18 bits per heavy atom. The summed E-state index contributed by atoms with van der Waals surface area (Å²) in [6.45, 7) is 1.33. The van der Waals surface area contributed by atoms with Crippen LogP contribution in [0, 0.1) is 5.92 Å². The van der Waals surface area contributed by atoms with Crippen molar-refractivity contribution < 1.29 is 9.90 Å². The summed E-state index contributed by atoms with van der Waals surface area (Å²) in [6.07, 6.45) is 2.66. The summed E-state index contributed by atoms with van der Waals surface area (Å²) < 4.78 is 1.85. The van der Waals surface area contributed by atoms with Gasteiger partial charge in [-0.3, -0.25) is 9.89 Å². The lowest BCUT2D eigenvalue weighted by Gasteiger charge is -2.31. The lowest BCUT2D eigenvalue weighted by molar-refractivity contribution is 0.0683. The number of hydrogen-bond donors (Lipinski definition) is 2. The van der Waals surface area contributed by atoms with E-state index in [1.165, 1.54) is 0 Å². The highest BCUT2D eigenvalue weighted by atomic mass is 16.3. The van der Waals surface area contributed by atoms with Crippen LogP contribution in [0.4, 0.5) is 0 Å². The van der Waals surface area contributed by atoms with Crippen molar-refractivity contribution in [3.8, 4) is 11.3 Å². The van der Waals surface area contributed by atoms with Gasteiger partial charge in [0.1, 0.15) is 18.1 Å². The first-order valence-corrected chi connectivity index (χ1v) is 9.54. The van der Waals surface area contributed by atoms with E-state index in [1.54, 1.807) is 0 Å². The fourth-order valence-corrected chi connectivity index (χ4v) is 3.67. The second kappa shape index (κ2) is 7.93. The lowest BCUT2D eigenvalue weighted by Crippen LogP contribution is -2.39. The molecule has 1 fully saturated rings. The van der Waals surface area contributed by atoms with Crippen molar-refractivity contribution in [3.63, 3.8) is 0 Å². The van der Waals surface area contributed by atoms with E-state index in [1.807, 2.05) is 52.9 Å². The molecule has 28 heavy (non-hydrogen) atoms. The Labute approximate surface area is 163 Å². The molecule has 0 saturated carbocycles. The zero-order chi connectivity index (χ0) is 19.5. The molecule has 0 atom stereocenters. The van der Waals surface area contributed by atoms with Crippen molar-refractivity contribution >= 4 is 5.91 Å². The van der Waals surface area contributed by atoms with E-state index < -0.39 is 0 Å². The van der Waals surface area contributed by atoms with Crippen LogP contribution in [-0.4, -0.2) is 54.0 Å². The Bertz CT molecular complexity index is 941. The van der Waals surface area contributed by atoms with Crippen molar-refractivity contribution in [2.24, 2.45) is 13.0 Å². The highest BCUT2D eigenvalue weighted by molar-refractivity contribution is 5.93. The number of aromatic nitrogens is 5. The van der Waals surface area contributed by atoms with Gasteiger partial charge in [0.2, 0.25) is 0 Å². The first-order valence-electron chi connectivity index (χ1n) is 9.54. The van der Waals surface area contributed by atoms with Gasteiger partial charge in [-0.25, -0.2) is 0 Å². The highest BCUT2D eigenvalue weighted by Gasteiger charge is 2.26. The molecule has 0 radical (unpaired) electrons. The monoisotopic (exact) mass is 380 g/mol. The second-order valence-electron chi connectivity index (χ2n) is 7.22. The van der Waals surface area contributed by atoms with Crippen LogP contribution < -0.4 is 0 Å². The van der Waals surface area contributed by atoms with Gasteiger partial charge in [-0.15, -0.1) is 10.2 Å². The van der Waals surface area contributed by atoms with Gasteiger partial charge in [-0.05, 0) is 24.8 Å². The largest absolute Gasteiger partial charge is 0.388 e. The van der Waals surface area contributed by atoms with E-state index in [9.17, 15) is 9.90 Å². The van der Waals surface area contributed by atoms with E-state index in [4.69, 9.17) is 0 Å². The van der Waals surface area contributed by atoms with Gasteiger partial charge < -0.3 is 14.6 Å². The summed E-state index contributed by atoms with van der Waals surface area (Å²) in [6, 6.07) is 11.6. The van der Waals surface area contributed by atoms with Gasteiger partial charge in [-0.2, -0.15) is 5.10 Å². The number of amides is 1. The molecule has 1 aliphatic heterocycles. The first kappa shape index (κ1) is 18.4.